The fourth-order valence-electron chi connectivity index (χ4n) is 3.52. The average Bonchev–Trinajstić information content (AvgIpc) is 3.36. The molecule has 0 saturated carbocycles. The van der Waals surface area contributed by atoms with Crippen molar-refractivity contribution in [3.63, 3.8) is 0 Å². The first-order valence-corrected chi connectivity index (χ1v) is 10.1. The summed E-state index contributed by atoms with van der Waals surface area (Å²) in [5.74, 6) is 1.86. The molecule has 29 heavy (non-hydrogen) atoms. The van der Waals surface area contributed by atoms with Gasteiger partial charge >= 0.3 is 0 Å². The summed E-state index contributed by atoms with van der Waals surface area (Å²) in [6, 6.07) is 15.6. The van der Waals surface area contributed by atoms with Gasteiger partial charge in [0.15, 0.2) is 0 Å². The van der Waals surface area contributed by atoms with E-state index >= 15 is 0 Å². The SMILES string of the molecule is CCCCOc1ccc(-c2noc(C3CC(=O)N(c4ccccc4C)C3)n2)cc1. The Hall–Kier alpha value is -3.15. The average molecular weight is 391 g/mol. The molecule has 1 fully saturated rings. The highest BCUT2D eigenvalue weighted by Crippen LogP contribution is 2.33. The Balaban J connectivity index is 1.45. The third-order valence-electron chi connectivity index (χ3n) is 5.20. The number of para-hydroxylation sites is 1. The fraction of sp³-hybridized carbons (Fsp3) is 0.348. The minimum atomic E-state index is -0.0972. The Labute approximate surface area is 170 Å². The van der Waals surface area contributed by atoms with Crippen LogP contribution in [-0.2, 0) is 4.79 Å². The van der Waals surface area contributed by atoms with E-state index in [-0.39, 0.29) is 11.8 Å². The zero-order valence-electron chi connectivity index (χ0n) is 16.8. The summed E-state index contributed by atoms with van der Waals surface area (Å²) in [5.41, 5.74) is 2.88. The van der Waals surface area contributed by atoms with Crippen LogP contribution in [0.2, 0.25) is 0 Å². The minimum absolute atomic E-state index is 0.0811. The highest BCUT2D eigenvalue weighted by Gasteiger charge is 2.35. The molecule has 0 N–H and O–H groups in total. The summed E-state index contributed by atoms with van der Waals surface area (Å²) in [4.78, 5) is 18.9. The van der Waals surface area contributed by atoms with Crippen LogP contribution in [0, 0.1) is 6.92 Å². The Kier molecular flexibility index (Phi) is 5.60. The predicted molar refractivity (Wildman–Crippen MR) is 111 cm³/mol. The van der Waals surface area contributed by atoms with E-state index in [9.17, 15) is 4.79 Å². The lowest BCUT2D eigenvalue weighted by Gasteiger charge is -2.18. The number of amides is 1. The van der Waals surface area contributed by atoms with Gasteiger partial charge in [0.25, 0.3) is 0 Å². The molecule has 3 aromatic rings. The molecule has 1 aliphatic heterocycles. The molecule has 1 atom stereocenters. The van der Waals surface area contributed by atoms with Gasteiger partial charge in [-0.2, -0.15) is 4.98 Å². The van der Waals surface area contributed by atoms with Crippen LogP contribution < -0.4 is 9.64 Å². The second-order valence-corrected chi connectivity index (χ2v) is 7.37. The lowest BCUT2D eigenvalue weighted by Crippen LogP contribution is -2.25. The fourth-order valence-corrected chi connectivity index (χ4v) is 3.52. The number of aryl methyl sites for hydroxylation is 1. The van der Waals surface area contributed by atoms with Gasteiger partial charge in [-0.15, -0.1) is 0 Å². The molecule has 0 spiro atoms. The summed E-state index contributed by atoms with van der Waals surface area (Å²) >= 11 is 0. The number of ether oxygens (including phenoxy) is 1. The van der Waals surface area contributed by atoms with E-state index in [0.29, 0.717) is 24.7 Å². The highest BCUT2D eigenvalue weighted by atomic mass is 16.5. The van der Waals surface area contributed by atoms with Crippen molar-refractivity contribution in [2.75, 3.05) is 18.1 Å². The van der Waals surface area contributed by atoms with Crippen LogP contribution in [0.4, 0.5) is 5.69 Å². The van der Waals surface area contributed by atoms with E-state index in [1.54, 1.807) is 0 Å². The maximum Gasteiger partial charge on any atom is 0.232 e. The Morgan fingerprint density at radius 1 is 1.17 bits per heavy atom. The third-order valence-corrected chi connectivity index (χ3v) is 5.20. The molecule has 4 rings (SSSR count). The lowest BCUT2D eigenvalue weighted by molar-refractivity contribution is -0.117. The molecule has 6 heteroatoms. The van der Waals surface area contributed by atoms with Gasteiger partial charge in [0, 0.05) is 24.2 Å². The number of aromatic nitrogens is 2. The topological polar surface area (TPSA) is 68.5 Å². The van der Waals surface area contributed by atoms with Gasteiger partial charge in [0.05, 0.1) is 12.5 Å². The monoisotopic (exact) mass is 391 g/mol. The Morgan fingerprint density at radius 3 is 2.72 bits per heavy atom. The summed E-state index contributed by atoms with van der Waals surface area (Å²) < 4.78 is 11.2. The van der Waals surface area contributed by atoms with Gasteiger partial charge < -0.3 is 14.2 Å². The van der Waals surface area contributed by atoms with Crippen molar-refractivity contribution in [2.45, 2.75) is 39.0 Å². The molecule has 0 aliphatic carbocycles. The minimum Gasteiger partial charge on any atom is -0.494 e. The van der Waals surface area contributed by atoms with Crippen molar-refractivity contribution in [2.24, 2.45) is 0 Å². The molecule has 0 radical (unpaired) electrons. The number of benzene rings is 2. The van der Waals surface area contributed by atoms with Crippen LogP contribution >= 0.6 is 0 Å². The first-order valence-electron chi connectivity index (χ1n) is 10.1. The van der Waals surface area contributed by atoms with Crippen molar-refractivity contribution >= 4 is 11.6 Å². The summed E-state index contributed by atoms with van der Waals surface area (Å²) in [5, 5.41) is 4.12. The summed E-state index contributed by atoms with van der Waals surface area (Å²) in [7, 11) is 0. The van der Waals surface area contributed by atoms with Gasteiger partial charge in [-0.05, 0) is 49.2 Å². The van der Waals surface area contributed by atoms with Crippen LogP contribution in [-0.4, -0.2) is 29.2 Å². The van der Waals surface area contributed by atoms with E-state index in [1.807, 2.05) is 60.4 Å². The molecule has 1 amide bonds. The number of hydrogen-bond donors (Lipinski definition) is 0. The van der Waals surface area contributed by atoms with Gasteiger partial charge in [-0.3, -0.25) is 4.79 Å². The molecular weight excluding hydrogens is 366 g/mol. The number of hydrogen-bond acceptors (Lipinski definition) is 5. The second-order valence-electron chi connectivity index (χ2n) is 7.37. The number of anilines is 1. The number of unbranched alkanes of at least 4 members (excludes halogenated alkanes) is 1. The largest absolute Gasteiger partial charge is 0.494 e. The molecule has 0 bridgehead atoms. The molecule has 1 saturated heterocycles. The van der Waals surface area contributed by atoms with Crippen LogP contribution in [0.3, 0.4) is 0 Å². The van der Waals surface area contributed by atoms with E-state index in [0.717, 1.165) is 42.0 Å². The molecule has 6 nitrogen and oxygen atoms in total. The van der Waals surface area contributed by atoms with Gasteiger partial charge in [-0.1, -0.05) is 36.7 Å². The number of nitrogens with zero attached hydrogens (tertiary/aromatic N) is 3. The molecular formula is C23H25N3O3. The molecule has 2 aromatic carbocycles. The van der Waals surface area contributed by atoms with Crippen molar-refractivity contribution in [1.82, 2.24) is 10.1 Å². The van der Waals surface area contributed by atoms with Crippen LogP contribution in [0.15, 0.2) is 53.1 Å². The first-order chi connectivity index (χ1) is 14.2. The smallest absolute Gasteiger partial charge is 0.232 e. The van der Waals surface area contributed by atoms with Crippen LogP contribution in [0.25, 0.3) is 11.4 Å². The van der Waals surface area contributed by atoms with Crippen molar-refractivity contribution in [3.8, 4) is 17.1 Å². The zero-order valence-corrected chi connectivity index (χ0v) is 16.8. The first kappa shape index (κ1) is 19.2. The second kappa shape index (κ2) is 8.47. The highest BCUT2D eigenvalue weighted by molar-refractivity contribution is 5.97. The lowest BCUT2D eigenvalue weighted by atomic mass is 10.1. The van der Waals surface area contributed by atoms with Crippen LogP contribution in [0.1, 0.15) is 43.6 Å². The number of carbonyl (C=O) groups excluding carboxylic acids is 1. The van der Waals surface area contributed by atoms with Gasteiger partial charge in [-0.25, -0.2) is 0 Å². The van der Waals surface area contributed by atoms with E-state index in [2.05, 4.69) is 17.1 Å². The van der Waals surface area contributed by atoms with Gasteiger partial charge in [0.2, 0.25) is 17.6 Å². The third kappa shape index (κ3) is 4.16. The number of carbonyl (C=O) groups is 1. The number of rotatable bonds is 7. The van der Waals surface area contributed by atoms with E-state index < -0.39 is 0 Å². The maximum absolute atomic E-state index is 12.6. The summed E-state index contributed by atoms with van der Waals surface area (Å²) in [6.45, 7) is 5.42. The molecule has 1 unspecified atom stereocenters. The Bertz CT molecular complexity index is 981. The van der Waals surface area contributed by atoms with Crippen molar-refractivity contribution in [3.05, 3.63) is 60.0 Å². The normalized spacial score (nSPS) is 16.4. The van der Waals surface area contributed by atoms with Gasteiger partial charge in [0.1, 0.15) is 5.75 Å². The van der Waals surface area contributed by atoms with E-state index in [4.69, 9.17) is 9.26 Å². The maximum atomic E-state index is 12.6. The molecule has 1 aromatic heterocycles. The molecule has 2 heterocycles. The van der Waals surface area contributed by atoms with Crippen molar-refractivity contribution in [1.29, 1.82) is 0 Å². The zero-order chi connectivity index (χ0) is 20.2. The standard InChI is InChI=1S/C23H25N3O3/c1-3-4-13-28-19-11-9-17(10-12-19)22-24-23(29-25-22)18-14-21(27)26(15-18)20-8-6-5-7-16(20)2/h5-12,18H,3-4,13-15H2,1-2H3. The van der Waals surface area contributed by atoms with E-state index in [1.165, 1.54) is 0 Å². The Morgan fingerprint density at radius 2 is 1.97 bits per heavy atom. The summed E-state index contributed by atoms with van der Waals surface area (Å²) in [6.07, 6.45) is 2.52. The van der Waals surface area contributed by atoms with Crippen LogP contribution in [0.5, 0.6) is 5.75 Å². The molecule has 150 valence electrons. The van der Waals surface area contributed by atoms with Crippen molar-refractivity contribution < 1.29 is 14.1 Å². The molecule has 1 aliphatic rings. The predicted octanol–water partition coefficient (Wildman–Crippen LogP) is 4.74. The quantitative estimate of drug-likeness (QED) is 0.544.